The first-order valence-corrected chi connectivity index (χ1v) is 15.2. The van der Waals surface area contributed by atoms with Crippen LogP contribution in [0.25, 0.3) is 21.8 Å². The number of H-pyrrole nitrogens is 2. The van der Waals surface area contributed by atoms with Crippen LogP contribution in [0.3, 0.4) is 0 Å². The molecule has 0 unspecified atom stereocenters. The molecule has 1 fully saturated rings. The first-order chi connectivity index (χ1) is 20.0. The Balaban J connectivity index is 0.000000177. The van der Waals surface area contributed by atoms with Gasteiger partial charge in [0.05, 0.1) is 16.7 Å². The quantitative estimate of drug-likeness (QED) is 0.162. The third kappa shape index (κ3) is 4.09. The number of carbonyl (C=O) groups is 2. The van der Waals surface area contributed by atoms with Gasteiger partial charge in [-0.2, -0.15) is 0 Å². The molecule has 2 aliphatic heterocycles. The Morgan fingerprint density at radius 3 is 2.26 bits per heavy atom. The topological polar surface area (TPSA) is 113 Å². The van der Waals surface area contributed by atoms with E-state index in [4.69, 9.17) is 11.6 Å². The van der Waals surface area contributed by atoms with Crippen molar-refractivity contribution in [2.24, 2.45) is 10.8 Å². The lowest BCUT2D eigenvalue weighted by Gasteiger charge is -2.51. The normalized spacial score (nSPS) is 24.4. The van der Waals surface area contributed by atoms with Crippen molar-refractivity contribution in [2.75, 3.05) is 35.8 Å². The van der Waals surface area contributed by atoms with Gasteiger partial charge in [0.1, 0.15) is 17.8 Å². The summed E-state index contributed by atoms with van der Waals surface area (Å²) in [5.41, 5.74) is 7.21. The molecule has 7 rings (SSSR count). The molecule has 0 bridgehead atoms. The third-order valence-electron chi connectivity index (χ3n) is 9.97. The minimum Gasteiger partial charge on any atom is -0.506 e. The molecule has 0 spiro atoms. The van der Waals surface area contributed by atoms with E-state index >= 15 is 0 Å². The molecule has 4 N–H and O–H groups in total. The van der Waals surface area contributed by atoms with E-state index in [2.05, 4.69) is 28.8 Å². The van der Waals surface area contributed by atoms with E-state index in [-0.39, 0.29) is 23.0 Å². The summed E-state index contributed by atoms with van der Waals surface area (Å²) >= 11 is 6.26. The maximum absolute atomic E-state index is 13.4. The molecule has 222 valence electrons. The number of aromatic hydroxyl groups is 2. The second-order valence-electron chi connectivity index (χ2n) is 12.9. The van der Waals surface area contributed by atoms with Crippen molar-refractivity contribution in [3.63, 3.8) is 0 Å². The number of amides is 1. The lowest BCUT2D eigenvalue weighted by atomic mass is 9.52. The van der Waals surface area contributed by atoms with Crippen molar-refractivity contribution in [2.45, 2.75) is 59.3 Å². The van der Waals surface area contributed by atoms with E-state index in [1.807, 2.05) is 39.2 Å². The number of phenols is 2. The SMILES string of the molecule is CCC1(C=O)CC(C)(C(=O)N2C[C@@H](CCl)c3c2cc(O)c2[nH]cc(C)c32)C1.Cc1c[nH]c2c(O)cc3c(c12)CCN3C. The van der Waals surface area contributed by atoms with Crippen molar-refractivity contribution in [1.29, 1.82) is 0 Å². The molecule has 8 nitrogen and oxygen atoms in total. The fourth-order valence-corrected chi connectivity index (χ4v) is 8.01. The molecule has 1 amide bonds. The maximum Gasteiger partial charge on any atom is 0.233 e. The number of fused-ring (bicyclic) bond motifs is 6. The highest BCUT2D eigenvalue weighted by molar-refractivity contribution is 6.19. The third-order valence-corrected chi connectivity index (χ3v) is 10.3. The summed E-state index contributed by atoms with van der Waals surface area (Å²) in [5, 5.41) is 22.6. The summed E-state index contributed by atoms with van der Waals surface area (Å²) in [7, 11) is 2.07. The first-order valence-electron chi connectivity index (χ1n) is 14.7. The number of benzene rings is 2. The molecule has 2 aromatic carbocycles. The molecule has 1 atom stereocenters. The molecule has 42 heavy (non-hydrogen) atoms. The number of aryl methyl sites for hydroxylation is 2. The average Bonchev–Trinajstić information content (AvgIpc) is 3.72. The van der Waals surface area contributed by atoms with Gasteiger partial charge in [-0.05, 0) is 61.8 Å². The molecule has 1 saturated carbocycles. The number of anilines is 2. The van der Waals surface area contributed by atoms with E-state index in [0.717, 1.165) is 53.4 Å². The highest BCUT2D eigenvalue weighted by atomic mass is 35.5. The van der Waals surface area contributed by atoms with Gasteiger partial charge in [0.15, 0.2) is 0 Å². The number of nitrogens with one attached hydrogen (secondary N) is 2. The summed E-state index contributed by atoms with van der Waals surface area (Å²) < 4.78 is 0. The number of aldehydes is 1. The fourth-order valence-electron chi connectivity index (χ4n) is 7.76. The van der Waals surface area contributed by atoms with Gasteiger partial charge >= 0.3 is 0 Å². The van der Waals surface area contributed by atoms with Gasteiger partial charge < -0.3 is 34.8 Å². The van der Waals surface area contributed by atoms with Crippen LogP contribution in [-0.2, 0) is 16.0 Å². The molecule has 0 saturated heterocycles. The monoisotopic (exact) mass is 590 g/mol. The van der Waals surface area contributed by atoms with Gasteiger partial charge in [0, 0.05) is 83.8 Å². The molecule has 3 aliphatic rings. The van der Waals surface area contributed by atoms with E-state index in [1.165, 1.54) is 22.2 Å². The van der Waals surface area contributed by atoms with Crippen molar-refractivity contribution in [3.8, 4) is 11.5 Å². The van der Waals surface area contributed by atoms with Crippen LogP contribution in [0.15, 0.2) is 24.5 Å². The van der Waals surface area contributed by atoms with Crippen LogP contribution in [0.4, 0.5) is 11.4 Å². The average molecular weight is 591 g/mol. The van der Waals surface area contributed by atoms with Gasteiger partial charge in [-0.25, -0.2) is 0 Å². The minimum atomic E-state index is -0.548. The summed E-state index contributed by atoms with van der Waals surface area (Å²) in [6.07, 6.45) is 7.82. The molecule has 1 aliphatic carbocycles. The Morgan fingerprint density at radius 2 is 1.67 bits per heavy atom. The standard InChI is InChI=1S/C21H25ClN2O3.C12H14N2O/c1-4-21(11-25)9-20(3,10-21)19(27)24-8-13(6-22)17-14(24)5-15(26)18-16(17)12(2)7-23-18;1-7-6-13-12-10(15)5-9-8(11(7)12)3-4-14(9)2/h5,7,11,13,23,26H,4,6,8-10H2,1-3H3;5-6,13,15H,3-4H2,1-2H3/t13-,20?,21?;/m1./s1. The van der Waals surface area contributed by atoms with Crippen LogP contribution >= 0.6 is 11.6 Å². The molecule has 4 aromatic rings. The number of hydrogen-bond donors (Lipinski definition) is 4. The number of nitrogens with zero attached hydrogens (tertiary/aromatic N) is 2. The van der Waals surface area contributed by atoms with E-state index in [0.29, 0.717) is 36.5 Å². The van der Waals surface area contributed by atoms with Crippen LogP contribution < -0.4 is 9.80 Å². The zero-order valence-corrected chi connectivity index (χ0v) is 25.7. The smallest absolute Gasteiger partial charge is 0.233 e. The van der Waals surface area contributed by atoms with Gasteiger partial charge in [-0.3, -0.25) is 4.79 Å². The summed E-state index contributed by atoms with van der Waals surface area (Å²) in [6.45, 7) is 9.56. The van der Waals surface area contributed by atoms with Gasteiger partial charge in [-0.1, -0.05) is 13.8 Å². The number of rotatable bonds is 4. The number of halogens is 1. The Labute approximate surface area is 250 Å². The van der Waals surface area contributed by atoms with E-state index < -0.39 is 5.41 Å². The highest BCUT2D eigenvalue weighted by Gasteiger charge is 2.57. The molecule has 2 aromatic heterocycles. The molecule has 4 heterocycles. The Kier molecular flexibility index (Phi) is 6.76. The lowest BCUT2D eigenvalue weighted by Crippen LogP contribution is -2.55. The van der Waals surface area contributed by atoms with Gasteiger partial charge in [0.2, 0.25) is 5.91 Å². The number of aromatic nitrogens is 2. The van der Waals surface area contributed by atoms with Crippen LogP contribution in [-0.4, -0.2) is 58.4 Å². The number of aromatic amines is 2. The van der Waals surface area contributed by atoms with Crippen molar-refractivity contribution in [3.05, 3.63) is 46.8 Å². The minimum absolute atomic E-state index is 0.0221. The van der Waals surface area contributed by atoms with Gasteiger partial charge in [0.25, 0.3) is 0 Å². The number of likely N-dealkylation sites (N-methyl/N-ethyl adjacent to an activating group) is 1. The van der Waals surface area contributed by atoms with Crippen LogP contribution in [0.1, 0.15) is 61.3 Å². The number of carbonyl (C=O) groups excluding carboxylic acids is 2. The van der Waals surface area contributed by atoms with Crippen LogP contribution in [0, 0.1) is 24.7 Å². The van der Waals surface area contributed by atoms with E-state index in [9.17, 15) is 19.8 Å². The molecular formula is C33H39ClN4O4. The first kappa shape index (κ1) is 28.5. The Morgan fingerprint density at radius 1 is 1.07 bits per heavy atom. The van der Waals surface area contributed by atoms with Crippen LogP contribution in [0.2, 0.25) is 0 Å². The van der Waals surface area contributed by atoms with Gasteiger partial charge in [-0.15, -0.1) is 11.6 Å². The zero-order chi connectivity index (χ0) is 30.1. The molecule has 9 heteroatoms. The predicted molar refractivity (Wildman–Crippen MR) is 168 cm³/mol. The maximum atomic E-state index is 13.4. The van der Waals surface area contributed by atoms with E-state index in [1.54, 1.807) is 11.0 Å². The molecule has 0 radical (unpaired) electrons. The lowest BCUT2D eigenvalue weighted by molar-refractivity contribution is -0.147. The number of phenolic OH excluding ortho intramolecular Hbond substituents is 2. The van der Waals surface area contributed by atoms with Crippen molar-refractivity contribution >= 4 is 57.0 Å². The Bertz CT molecular complexity index is 1730. The fraction of sp³-hybridized carbons (Fsp3) is 0.455. The highest BCUT2D eigenvalue weighted by Crippen LogP contribution is 2.57. The second kappa shape index (κ2) is 9.97. The van der Waals surface area contributed by atoms with Crippen molar-refractivity contribution in [1.82, 2.24) is 9.97 Å². The summed E-state index contributed by atoms with van der Waals surface area (Å²) in [6, 6.07) is 3.54. The molecular weight excluding hydrogens is 552 g/mol. The van der Waals surface area contributed by atoms with Crippen LogP contribution in [0.5, 0.6) is 11.5 Å². The largest absolute Gasteiger partial charge is 0.506 e. The summed E-state index contributed by atoms with van der Waals surface area (Å²) in [4.78, 5) is 35.2. The Hall–Kier alpha value is -3.65. The second-order valence-corrected chi connectivity index (χ2v) is 13.2. The number of hydrogen-bond acceptors (Lipinski definition) is 5. The number of alkyl halides is 1. The van der Waals surface area contributed by atoms with Crippen molar-refractivity contribution < 1.29 is 19.8 Å². The summed E-state index contributed by atoms with van der Waals surface area (Å²) in [5.74, 6) is 0.943. The zero-order valence-electron chi connectivity index (χ0n) is 24.9. The predicted octanol–water partition coefficient (Wildman–Crippen LogP) is 6.42.